The number of H-pyrrole nitrogens is 1. The van der Waals surface area contributed by atoms with E-state index >= 15 is 0 Å². The molecule has 0 atom stereocenters. The van der Waals surface area contributed by atoms with Gasteiger partial charge in [0.05, 0.1) is 0 Å². The van der Waals surface area contributed by atoms with E-state index in [1.165, 1.54) is 11.4 Å². The Hall–Kier alpha value is -0.126. The second-order valence-electron chi connectivity index (χ2n) is 7.80. The van der Waals surface area contributed by atoms with Gasteiger partial charge in [-0.1, -0.05) is 0 Å². The number of hydrogen-bond donors (Lipinski definition) is 1. The third kappa shape index (κ3) is 4.98. The number of aromatic amines is 1. The fourth-order valence-electron chi connectivity index (χ4n) is 2.89. The molecule has 1 N–H and O–H groups in total. The SMILES string of the molecule is CC[O][Ti]([O]CC)([O]CC)[c]1cc(C(C)(C)CC)[nH]c1C(C)(C)CC. The summed E-state index contributed by atoms with van der Waals surface area (Å²) in [6, 6.07) is 2.28. The van der Waals surface area contributed by atoms with Gasteiger partial charge in [-0.05, 0) is 0 Å². The van der Waals surface area contributed by atoms with Gasteiger partial charge in [-0.3, -0.25) is 0 Å². The van der Waals surface area contributed by atoms with Crippen molar-refractivity contribution >= 4 is 3.87 Å². The first-order valence-corrected chi connectivity index (χ1v) is 12.5. The van der Waals surface area contributed by atoms with E-state index in [-0.39, 0.29) is 10.8 Å². The first-order chi connectivity index (χ1) is 11.6. The van der Waals surface area contributed by atoms with Crippen LogP contribution in [0.4, 0.5) is 0 Å². The molecule has 0 radical (unpaired) electrons. The molecule has 1 aromatic heterocycles. The van der Waals surface area contributed by atoms with E-state index in [4.69, 9.17) is 9.96 Å². The topological polar surface area (TPSA) is 43.5 Å². The Balaban J connectivity index is 3.66. The van der Waals surface area contributed by atoms with E-state index < -0.39 is 17.8 Å². The van der Waals surface area contributed by atoms with E-state index in [0.29, 0.717) is 19.8 Å². The van der Waals surface area contributed by atoms with Crippen LogP contribution in [0.15, 0.2) is 6.07 Å². The first-order valence-electron chi connectivity index (χ1n) is 9.80. The molecule has 1 rings (SSSR count). The average Bonchev–Trinajstić information content (AvgIpc) is 3.03. The second kappa shape index (κ2) is 9.19. The quantitative estimate of drug-likeness (QED) is 0.540. The van der Waals surface area contributed by atoms with E-state index in [9.17, 15) is 0 Å². The molecule has 0 saturated heterocycles. The van der Waals surface area contributed by atoms with Crippen molar-refractivity contribution in [1.82, 2.24) is 4.98 Å². The van der Waals surface area contributed by atoms with Crippen LogP contribution >= 0.6 is 0 Å². The molecule has 0 spiro atoms. The molecule has 0 fully saturated rings. The third-order valence-electron chi connectivity index (χ3n) is 5.32. The van der Waals surface area contributed by atoms with Gasteiger partial charge in [-0.2, -0.15) is 0 Å². The van der Waals surface area contributed by atoms with Crippen molar-refractivity contribution in [2.24, 2.45) is 0 Å². The van der Waals surface area contributed by atoms with Gasteiger partial charge in [0, 0.05) is 0 Å². The van der Waals surface area contributed by atoms with Crippen molar-refractivity contribution in [3.8, 4) is 0 Å². The molecule has 0 aromatic carbocycles. The van der Waals surface area contributed by atoms with E-state index in [2.05, 4.69) is 52.6 Å². The van der Waals surface area contributed by atoms with Crippen molar-refractivity contribution in [2.75, 3.05) is 19.8 Å². The first kappa shape index (κ1) is 22.9. The molecule has 1 heterocycles. The van der Waals surface area contributed by atoms with E-state index in [0.717, 1.165) is 16.7 Å². The molecule has 0 bridgehead atoms. The van der Waals surface area contributed by atoms with Crippen molar-refractivity contribution in [1.29, 1.82) is 0 Å². The van der Waals surface area contributed by atoms with E-state index in [1.807, 2.05) is 20.8 Å². The molecule has 0 aliphatic carbocycles. The van der Waals surface area contributed by atoms with Crippen LogP contribution in [0.1, 0.15) is 86.5 Å². The van der Waals surface area contributed by atoms with Gasteiger partial charge in [0.1, 0.15) is 0 Å². The van der Waals surface area contributed by atoms with Crippen LogP contribution in [-0.4, -0.2) is 24.8 Å². The summed E-state index contributed by atoms with van der Waals surface area (Å²) >= 11 is -3.57. The second-order valence-corrected chi connectivity index (χ2v) is 11.7. The van der Waals surface area contributed by atoms with Gasteiger partial charge in [-0.25, -0.2) is 0 Å². The fourth-order valence-corrected chi connectivity index (χ4v) is 7.39. The molecular formula is C20H39NO3Ti. The minimum atomic E-state index is -3.57. The fraction of sp³-hybridized carbons (Fsp3) is 0.800. The molecule has 0 aliphatic rings. The number of hydrogen-bond acceptors (Lipinski definition) is 3. The summed E-state index contributed by atoms with van der Waals surface area (Å²) in [5, 5.41) is 0. The normalized spacial score (nSPS) is 13.5. The van der Waals surface area contributed by atoms with Crippen molar-refractivity contribution in [3.05, 3.63) is 17.5 Å². The van der Waals surface area contributed by atoms with Crippen molar-refractivity contribution < 1.29 is 27.7 Å². The Kier molecular flexibility index (Phi) is 8.42. The Morgan fingerprint density at radius 3 is 1.60 bits per heavy atom. The third-order valence-corrected chi connectivity index (χ3v) is 10.1. The Morgan fingerprint density at radius 2 is 1.24 bits per heavy atom. The Labute approximate surface area is 159 Å². The zero-order valence-electron chi connectivity index (χ0n) is 17.8. The number of aromatic nitrogens is 1. The molecule has 0 saturated carbocycles. The summed E-state index contributed by atoms with van der Waals surface area (Å²) in [5.41, 5.74) is 2.56. The van der Waals surface area contributed by atoms with E-state index in [1.54, 1.807) is 0 Å². The van der Waals surface area contributed by atoms with Gasteiger partial charge >= 0.3 is 160 Å². The monoisotopic (exact) mass is 389 g/mol. The summed E-state index contributed by atoms with van der Waals surface area (Å²) in [6.45, 7) is 21.4. The zero-order valence-corrected chi connectivity index (χ0v) is 19.4. The van der Waals surface area contributed by atoms with Crippen LogP contribution in [0.2, 0.25) is 0 Å². The number of rotatable bonds is 11. The van der Waals surface area contributed by atoms with Gasteiger partial charge in [-0.15, -0.1) is 0 Å². The van der Waals surface area contributed by atoms with Crippen LogP contribution in [0.25, 0.3) is 0 Å². The van der Waals surface area contributed by atoms with Gasteiger partial charge in [0.15, 0.2) is 0 Å². The molecule has 5 heteroatoms. The maximum absolute atomic E-state index is 6.26. The molecule has 4 nitrogen and oxygen atoms in total. The predicted octanol–water partition coefficient (Wildman–Crippen LogP) is 5.02. The molecular weight excluding hydrogens is 350 g/mol. The minimum absolute atomic E-state index is 0.0131. The summed E-state index contributed by atoms with van der Waals surface area (Å²) in [4.78, 5) is 3.75. The maximum atomic E-state index is 6.26. The molecule has 1 aromatic rings. The summed E-state index contributed by atoms with van der Waals surface area (Å²) in [7, 11) is 0. The summed E-state index contributed by atoms with van der Waals surface area (Å²) in [5.74, 6) is 0. The molecule has 0 aliphatic heterocycles. The molecule has 0 unspecified atom stereocenters. The Morgan fingerprint density at radius 1 is 0.800 bits per heavy atom. The standard InChI is InChI=1S/C14H24N.3C2H5O.Ti/c1-7-13(3,4)11-9-10-12(15-11)14(5,6)8-2;3*1-2-3;/h9,15H,7-8H2,1-6H3;3*2H2,1H3;/q;3*-1;+3. The van der Waals surface area contributed by atoms with Gasteiger partial charge < -0.3 is 0 Å². The summed E-state index contributed by atoms with van der Waals surface area (Å²) < 4.78 is 19.9. The van der Waals surface area contributed by atoms with Crippen LogP contribution in [0.5, 0.6) is 0 Å². The number of nitrogens with one attached hydrogen (secondary N) is 1. The molecule has 25 heavy (non-hydrogen) atoms. The summed E-state index contributed by atoms with van der Waals surface area (Å²) in [6.07, 6.45) is 2.10. The van der Waals surface area contributed by atoms with Crippen LogP contribution < -0.4 is 3.87 Å². The van der Waals surface area contributed by atoms with Crippen LogP contribution in [-0.2, 0) is 38.5 Å². The van der Waals surface area contributed by atoms with Gasteiger partial charge in [0.2, 0.25) is 0 Å². The molecule has 146 valence electrons. The van der Waals surface area contributed by atoms with Crippen molar-refractivity contribution in [2.45, 2.75) is 86.0 Å². The van der Waals surface area contributed by atoms with Crippen LogP contribution in [0, 0.1) is 0 Å². The predicted molar refractivity (Wildman–Crippen MR) is 102 cm³/mol. The van der Waals surface area contributed by atoms with Crippen molar-refractivity contribution in [3.63, 3.8) is 0 Å². The average molecular weight is 389 g/mol. The molecule has 0 amide bonds. The Bertz CT molecular complexity index is 520. The van der Waals surface area contributed by atoms with Crippen LogP contribution in [0.3, 0.4) is 0 Å². The van der Waals surface area contributed by atoms with Gasteiger partial charge in [0.25, 0.3) is 0 Å². The zero-order chi connectivity index (χ0) is 19.3.